The minimum Gasteiger partial charge on any atom is -0.374 e. The highest BCUT2D eigenvalue weighted by molar-refractivity contribution is 7.80. The summed E-state index contributed by atoms with van der Waals surface area (Å²) < 4.78 is 34.8. The van der Waals surface area contributed by atoms with Crippen molar-refractivity contribution in [2.45, 2.75) is 6.92 Å². The summed E-state index contributed by atoms with van der Waals surface area (Å²) in [6, 6.07) is 0. The Kier molecular flexibility index (Phi) is 4.02. The van der Waals surface area contributed by atoms with E-state index in [-0.39, 0.29) is 0 Å². The van der Waals surface area contributed by atoms with Crippen LogP contribution in [0.2, 0.25) is 0 Å². The molecule has 1 N–H and O–H groups in total. The molecule has 0 aliphatic rings. The summed E-state index contributed by atoms with van der Waals surface area (Å²) >= 11 is 4.23. The van der Waals surface area contributed by atoms with Gasteiger partial charge in [-0.05, 0) is 6.92 Å². The molecule has 0 fully saturated rings. The van der Waals surface area contributed by atoms with Crippen molar-refractivity contribution in [3.8, 4) is 0 Å². The van der Waals surface area contributed by atoms with Crippen LogP contribution in [0.15, 0.2) is 11.9 Å². The van der Waals surface area contributed by atoms with E-state index >= 15 is 0 Å². The maximum atomic E-state index is 12.0. The van der Waals surface area contributed by atoms with Crippen molar-refractivity contribution in [2.75, 3.05) is 6.54 Å². The molecular weight excluding hydrogens is 163 g/mol. The molecule has 0 aliphatic carbocycles. The molecule has 0 aromatic rings. The summed E-state index contributed by atoms with van der Waals surface area (Å²) in [5.74, 6) is -1.64. The highest BCUT2D eigenvalue weighted by atomic mass is 32.1. The monoisotopic (exact) mass is 169 g/mol. The average molecular weight is 169 g/mol. The SMILES string of the molecule is CCNC(=S)C(F)=C(F)F. The van der Waals surface area contributed by atoms with Crippen molar-refractivity contribution >= 4 is 17.2 Å². The molecule has 0 rings (SSSR count). The quantitative estimate of drug-likeness (QED) is 0.501. The standard InChI is InChI=1S/C5H6F3NS/c1-2-9-5(10)3(6)4(7)8/h2H2,1H3,(H,9,10). The lowest BCUT2D eigenvalue weighted by Crippen LogP contribution is -2.21. The zero-order chi connectivity index (χ0) is 8.15. The Labute approximate surface area is 61.9 Å². The number of thiocarbonyl (C=S) groups is 1. The topological polar surface area (TPSA) is 12.0 Å². The number of likely N-dealkylation sites (N-methyl/N-ethyl adjacent to an activating group) is 1. The van der Waals surface area contributed by atoms with Gasteiger partial charge < -0.3 is 5.32 Å². The highest BCUT2D eigenvalue weighted by Crippen LogP contribution is 2.09. The Morgan fingerprint density at radius 3 is 2.20 bits per heavy atom. The molecule has 0 bridgehead atoms. The number of rotatable bonds is 2. The zero-order valence-corrected chi connectivity index (χ0v) is 6.07. The van der Waals surface area contributed by atoms with Gasteiger partial charge in [-0.1, -0.05) is 12.2 Å². The first-order valence-electron chi connectivity index (χ1n) is 2.58. The molecule has 0 aliphatic heterocycles. The third kappa shape index (κ3) is 2.82. The Morgan fingerprint density at radius 1 is 1.40 bits per heavy atom. The Hall–Kier alpha value is -0.580. The third-order valence-electron chi connectivity index (χ3n) is 0.703. The normalized spacial score (nSPS) is 8.80. The first-order valence-corrected chi connectivity index (χ1v) is 2.99. The summed E-state index contributed by atoms with van der Waals surface area (Å²) in [5, 5.41) is 2.25. The predicted molar refractivity (Wildman–Crippen MR) is 36.6 cm³/mol. The van der Waals surface area contributed by atoms with Crippen LogP contribution in [-0.2, 0) is 0 Å². The molecule has 0 amide bonds. The van der Waals surface area contributed by atoms with E-state index in [1.54, 1.807) is 6.92 Å². The first kappa shape index (κ1) is 9.42. The molecule has 0 atom stereocenters. The van der Waals surface area contributed by atoms with Crippen LogP contribution >= 0.6 is 12.2 Å². The molecule has 0 spiro atoms. The summed E-state index contributed by atoms with van der Waals surface area (Å²) in [6.07, 6.45) is -2.38. The van der Waals surface area contributed by atoms with Gasteiger partial charge >= 0.3 is 6.08 Å². The van der Waals surface area contributed by atoms with Gasteiger partial charge in [-0.3, -0.25) is 0 Å². The van der Waals surface area contributed by atoms with Crippen molar-refractivity contribution in [2.24, 2.45) is 0 Å². The zero-order valence-electron chi connectivity index (χ0n) is 5.25. The van der Waals surface area contributed by atoms with Gasteiger partial charge in [0.25, 0.3) is 0 Å². The van der Waals surface area contributed by atoms with Crippen molar-refractivity contribution in [1.29, 1.82) is 0 Å². The van der Waals surface area contributed by atoms with Crippen molar-refractivity contribution < 1.29 is 13.2 Å². The van der Waals surface area contributed by atoms with E-state index in [1.165, 1.54) is 0 Å². The fraction of sp³-hybridized carbons (Fsp3) is 0.400. The third-order valence-corrected chi connectivity index (χ3v) is 1.03. The summed E-state index contributed by atoms with van der Waals surface area (Å²) in [4.78, 5) is -0.539. The molecule has 10 heavy (non-hydrogen) atoms. The van der Waals surface area contributed by atoms with Crippen LogP contribution in [0.25, 0.3) is 0 Å². The summed E-state index contributed by atoms with van der Waals surface area (Å²) in [7, 11) is 0. The van der Waals surface area contributed by atoms with E-state index in [4.69, 9.17) is 0 Å². The molecule has 0 aromatic heterocycles. The Balaban J connectivity index is 4.09. The number of hydrogen-bond donors (Lipinski definition) is 1. The molecule has 0 saturated carbocycles. The first-order chi connectivity index (χ1) is 4.59. The fourth-order valence-corrected chi connectivity index (χ4v) is 0.545. The molecule has 5 heteroatoms. The average Bonchev–Trinajstić information content (AvgIpc) is 1.87. The van der Waals surface area contributed by atoms with Gasteiger partial charge in [-0.25, -0.2) is 0 Å². The molecule has 0 radical (unpaired) electrons. The van der Waals surface area contributed by atoms with Gasteiger partial charge in [0.15, 0.2) is 0 Å². The van der Waals surface area contributed by atoms with E-state index in [1.807, 2.05) is 0 Å². The lowest BCUT2D eigenvalue weighted by atomic mass is 10.5. The fourth-order valence-electron chi connectivity index (χ4n) is 0.324. The van der Waals surface area contributed by atoms with Gasteiger partial charge in [0, 0.05) is 6.54 Å². The minimum atomic E-state index is -2.38. The Morgan fingerprint density at radius 2 is 1.90 bits per heavy atom. The Bertz CT molecular complexity index is 162. The van der Waals surface area contributed by atoms with Gasteiger partial charge in [0.05, 0.1) is 0 Å². The molecule has 0 saturated heterocycles. The maximum absolute atomic E-state index is 12.0. The van der Waals surface area contributed by atoms with Crippen LogP contribution in [0.1, 0.15) is 6.92 Å². The predicted octanol–water partition coefficient (Wildman–Crippen LogP) is 2.00. The molecule has 0 unspecified atom stereocenters. The number of halogens is 3. The van der Waals surface area contributed by atoms with E-state index < -0.39 is 16.9 Å². The van der Waals surface area contributed by atoms with E-state index in [0.29, 0.717) is 6.54 Å². The van der Waals surface area contributed by atoms with E-state index in [9.17, 15) is 13.2 Å². The van der Waals surface area contributed by atoms with Crippen molar-refractivity contribution in [1.82, 2.24) is 5.32 Å². The van der Waals surface area contributed by atoms with Crippen LogP contribution in [0.3, 0.4) is 0 Å². The molecular formula is C5H6F3NS. The molecule has 58 valence electrons. The summed E-state index contributed by atoms with van der Waals surface area (Å²) in [6.45, 7) is 1.97. The second-order valence-electron chi connectivity index (χ2n) is 1.43. The smallest absolute Gasteiger partial charge is 0.308 e. The maximum Gasteiger partial charge on any atom is 0.308 e. The second kappa shape index (κ2) is 4.27. The highest BCUT2D eigenvalue weighted by Gasteiger charge is 2.09. The molecule has 1 nitrogen and oxygen atoms in total. The largest absolute Gasteiger partial charge is 0.374 e. The van der Waals surface area contributed by atoms with Crippen LogP contribution in [0.4, 0.5) is 13.2 Å². The van der Waals surface area contributed by atoms with Crippen LogP contribution in [-0.4, -0.2) is 11.5 Å². The minimum absolute atomic E-state index is 0.333. The summed E-state index contributed by atoms with van der Waals surface area (Å²) in [5.41, 5.74) is 0. The van der Waals surface area contributed by atoms with E-state index in [2.05, 4.69) is 17.5 Å². The van der Waals surface area contributed by atoms with Crippen molar-refractivity contribution in [3.05, 3.63) is 11.9 Å². The van der Waals surface area contributed by atoms with Gasteiger partial charge in [-0.2, -0.15) is 13.2 Å². The van der Waals surface area contributed by atoms with Crippen molar-refractivity contribution in [3.63, 3.8) is 0 Å². The molecule has 0 aromatic carbocycles. The lowest BCUT2D eigenvalue weighted by molar-refractivity contribution is 0.390. The van der Waals surface area contributed by atoms with Crippen LogP contribution in [0.5, 0.6) is 0 Å². The second-order valence-corrected chi connectivity index (χ2v) is 1.84. The van der Waals surface area contributed by atoms with Crippen LogP contribution in [0, 0.1) is 0 Å². The number of hydrogen-bond acceptors (Lipinski definition) is 1. The van der Waals surface area contributed by atoms with Gasteiger partial charge in [-0.15, -0.1) is 0 Å². The van der Waals surface area contributed by atoms with Crippen LogP contribution < -0.4 is 5.32 Å². The number of nitrogens with one attached hydrogen (secondary N) is 1. The lowest BCUT2D eigenvalue weighted by Gasteiger charge is -1.99. The molecule has 0 heterocycles. The van der Waals surface area contributed by atoms with Gasteiger partial charge in [0.1, 0.15) is 4.99 Å². The van der Waals surface area contributed by atoms with E-state index in [0.717, 1.165) is 0 Å². The van der Waals surface area contributed by atoms with Gasteiger partial charge in [0.2, 0.25) is 5.83 Å².